The van der Waals surface area contributed by atoms with Gasteiger partial charge in [0.25, 0.3) is 5.56 Å². The summed E-state index contributed by atoms with van der Waals surface area (Å²) in [5.74, 6) is 0.110. The lowest BCUT2D eigenvalue weighted by Crippen LogP contribution is -2.12. The quantitative estimate of drug-likeness (QED) is 0.725. The third kappa shape index (κ3) is 2.52. The number of rotatable bonds is 2. The molecule has 0 amide bonds. The van der Waals surface area contributed by atoms with E-state index in [1.54, 1.807) is 12.1 Å². The summed E-state index contributed by atoms with van der Waals surface area (Å²) in [5.41, 5.74) is 2.24. The third-order valence-electron chi connectivity index (χ3n) is 3.15. The number of benzene rings is 1. The number of nitrogens with one attached hydrogen (secondary N) is 1. The molecule has 2 heterocycles. The molecule has 0 radical (unpaired) electrons. The highest BCUT2D eigenvalue weighted by molar-refractivity contribution is 9.10. The number of nitrogens with zero attached hydrogens (tertiary/aromatic N) is 1. The van der Waals surface area contributed by atoms with Crippen LogP contribution in [0.3, 0.4) is 0 Å². The van der Waals surface area contributed by atoms with E-state index in [1.165, 1.54) is 11.3 Å². The second kappa shape index (κ2) is 5.46. The first-order valence-electron chi connectivity index (χ1n) is 6.19. The van der Waals surface area contributed by atoms with Crippen molar-refractivity contribution >= 4 is 27.3 Å². The first kappa shape index (κ1) is 14.0. The summed E-state index contributed by atoms with van der Waals surface area (Å²) in [7, 11) is 0. The Morgan fingerprint density at radius 2 is 2.00 bits per heavy atom. The summed E-state index contributed by atoms with van der Waals surface area (Å²) in [4.78, 5) is 19.2. The number of aromatic hydroxyl groups is 1. The fourth-order valence-corrected chi connectivity index (χ4v) is 3.41. The Kier molecular flexibility index (Phi) is 3.65. The van der Waals surface area contributed by atoms with E-state index in [0.717, 1.165) is 15.6 Å². The topological polar surface area (TPSA) is 66.0 Å². The van der Waals surface area contributed by atoms with Crippen molar-refractivity contribution < 1.29 is 5.11 Å². The van der Waals surface area contributed by atoms with Crippen LogP contribution in [0.15, 0.2) is 44.3 Å². The van der Waals surface area contributed by atoms with Gasteiger partial charge in [-0.1, -0.05) is 34.1 Å². The minimum Gasteiger partial charge on any atom is -0.493 e. The SMILES string of the molecule is Cc1cscc1-c1nc(O)c(-c2ccccc2Br)c(=O)[nH]1. The molecule has 6 heteroatoms. The summed E-state index contributed by atoms with van der Waals surface area (Å²) in [6.07, 6.45) is 0. The zero-order valence-corrected chi connectivity index (χ0v) is 13.5. The second-order valence-corrected chi connectivity index (χ2v) is 6.16. The van der Waals surface area contributed by atoms with E-state index in [2.05, 4.69) is 25.9 Å². The van der Waals surface area contributed by atoms with Gasteiger partial charge < -0.3 is 10.1 Å². The molecule has 3 rings (SSSR count). The van der Waals surface area contributed by atoms with Crippen molar-refractivity contribution in [3.05, 3.63) is 55.4 Å². The van der Waals surface area contributed by atoms with Crippen LogP contribution in [0.1, 0.15) is 5.56 Å². The second-order valence-electron chi connectivity index (χ2n) is 4.56. The van der Waals surface area contributed by atoms with Crippen molar-refractivity contribution in [1.82, 2.24) is 9.97 Å². The minimum absolute atomic E-state index is 0.166. The van der Waals surface area contributed by atoms with Gasteiger partial charge in [-0.3, -0.25) is 4.79 Å². The highest BCUT2D eigenvalue weighted by Gasteiger charge is 2.16. The molecule has 4 nitrogen and oxygen atoms in total. The fraction of sp³-hybridized carbons (Fsp3) is 0.0667. The van der Waals surface area contributed by atoms with Crippen molar-refractivity contribution in [2.45, 2.75) is 6.92 Å². The van der Waals surface area contributed by atoms with E-state index < -0.39 is 0 Å². The van der Waals surface area contributed by atoms with Gasteiger partial charge in [-0.25, -0.2) is 0 Å². The van der Waals surface area contributed by atoms with Gasteiger partial charge in [-0.2, -0.15) is 16.3 Å². The van der Waals surface area contributed by atoms with E-state index in [9.17, 15) is 9.90 Å². The van der Waals surface area contributed by atoms with Gasteiger partial charge in [0.2, 0.25) is 5.88 Å². The maximum absolute atomic E-state index is 12.3. The van der Waals surface area contributed by atoms with Crippen LogP contribution in [0.5, 0.6) is 5.88 Å². The normalized spacial score (nSPS) is 10.8. The smallest absolute Gasteiger partial charge is 0.262 e. The van der Waals surface area contributed by atoms with Gasteiger partial charge in [0.1, 0.15) is 11.4 Å². The number of hydrogen-bond acceptors (Lipinski definition) is 4. The molecule has 0 saturated heterocycles. The number of halogens is 1. The molecule has 0 spiro atoms. The van der Waals surface area contributed by atoms with Crippen LogP contribution in [0.4, 0.5) is 0 Å². The standard InChI is InChI=1S/C15H11BrN2O2S/c1-8-6-21-7-10(8)13-17-14(19)12(15(20)18-13)9-4-2-3-5-11(9)16/h2-7H,1H3,(H2,17,18,19,20). The first-order chi connectivity index (χ1) is 10.1. The summed E-state index contributed by atoms with van der Waals surface area (Å²) >= 11 is 4.90. The predicted molar refractivity (Wildman–Crippen MR) is 87.7 cm³/mol. The molecular formula is C15H11BrN2O2S. The predicted octanol–water partition coefficient (Wildman–Crippen LogP) is 3.94. The Morgan fingerprint density at radius 3 is 2.62 bits per heavy atom. The van der Waals surface area contributed by atoms with Crippen LogP contribution >= 0.6 is 27.3 Å². The van der Waals surface area contributed by atoms with Crippen LogP contribution in [0.2, 0.25) is 0 Å². The van der Waals surface area contributed by atoms with Gasteiger partial charge in [-0.05, 0) is 23.9 Å². The molecule has 0 fully saturated rings. The number of aryl methyl sites for hydroxylation is 1. The maximum atomic E-state index is 12.3. The van der Waals surface area contributed by atoms with Gasteiger partial charge in [0, 0.05) is 21.0 Å². The van der Waals surface area contributed by atoms with E-state index in [-0.39, 0.29) is 17.0 Å². The van der Waals surface area contributed by atoms with Crippen LogP contribution in [-0.2, 0) is 0 Å². The Hall–Kier alpha value is -1.92. The lowest BCUT2D eigenvalue weighted by molar-refractivity contribution is 0.454. The fourth-order valence-electron chi connectivity index (χ4n) is 2.10. The van der Waals surface area contributed by atoms with Crippen LogP contribution < -0.4 is 5.56 Å². The lowest BCUT2D eigenvalue weighted by Gasteiger charge is -2.07. The molecule has 2 N–H and O–H groups in total. The molecule has 21 heavy (non-hydrogen) atoms. The van der Waals surface area contributed by atoms with Crippen LogP contribution in [-0.4, -0.2) is 15.1 Å². The summed E-state index contributed by atoms with van der Waals surface area (Å²) in [5, 5.41) is 14.1. The zero-order valence-electron chi connectivity index (χ0n) is 11.1. The minimum atomic E-state index is -0.366. The molecule has 2 aromatic heterocycles. The Labute approximate surface area is 133 Å². The number of hydrogen-bond donors (Lipinski definition) is 2. The molecule has 1 aromatic carbocycles. The summed E-state index contributed by atoms with van der Waals surface area (Å²) in [6, 6.07) is 7.21. The van der Waals surface area contributed by atoms with Crippen molar-refractivity contribution in [3.63, 3.8) is 0 Å². The monoisotopic (exact) mass is 362 g/mol. The number of aromatic nitrogens is 2. The molecule has 0 aliphatic carbocycles. The average Bonchev–Trinajstić information content (AvgIpc) is 2.86. The highest BCUT2D eigenvalue weighted by Crippen LogP contribution is 2.32. The number of thiophene rings is 1. The van der Waals surface area contributed by atoms with Crippen molar-refractivity contribution in [1.29, 1.82) is 0 Å². The molecule has 0 aliphatic heterocycles. The zero-order chi connectivity index (χ0) is 15.0. The highest BCUT2D eigenvalue weighted by atomic mass is 79.9. The van der Waals surface area contributed by atoms with Gasteiger partial charge >= 0.3 is 0 Å². The molecule has 0 unspecified atom stereocenters. The molecular weight excluding hydrogens is 352 g/mol. The van der Waals surface area contributed by atoms with E-state index in [4.69, 9.17) is 0 Å². The van der Waals surface area contributed by atoms with Gasteiger partial charge in [0.15, 0.2) is 0 Å². The Bertz CT molecular complexity index is 870. The Morgan fingerprint density at radius 1 is 1.24 bits per heavy atom. The van der Waals surface area contributed by atoms with Crippen molar-refractivity contribution in [3.8, 4) is 28.4 Å². The molecule has 0 saturated carbocycles. The maximum Gasteiger partial charge on any atom is 0.262 e. The molecule has 106 valence electrons. The van der Waals surface area contributed by atoms with E-state index >= 15 is 0 Å². The third-order valence-corrected chi connectivity index (χ3v) is 4.71. The lowest BCUT2D eigenvalue weighted by atomic mass is 10.1. The van der Waals surface area contributed by atoms with Crippen LogP contribution in [0, 0.1) is 6.92 Å². The van der Waals surface area contributed by atoms with Crippen molar-refractivity contribution in [2.24, 2.45) is 0 Å². The first-order valence-corrected chi connectivity index (χ1v) is 7.93. The van der Waals surface area contributed by atoms with E-state index in [0.29, 0.717) is 11.4 Å². The molecule has 3 aromatic rings. The van der Waals surface area contributed by atoms with E-state index in [1.807, 2.05) is 29.8 Å². The molecule has 0 bridgehead atoms. The van der Waals surface area contributed by atoms with Crippen LogP contribution in [0.25, 0.3) is 22.5 Å². The largest absolute Gasteiger partial charge is 0.493 e. The summed E-state index contributed by atoms with van der Waals surface area (Å²) < 4.78 is 0.729. The van der Waals surface area contributed by atoms with Gasteiger partial charge in [-0.15, -0.1) is 0 Å². The number of aromatic amines is 1. The van der Waals surface area contributed by atoms with Crippen molar-refractivity contribution in [2.75, 3.05) is 0 Å². The Balaban J connectivity index is 2.21. The average molecular weight is 363 g/mol. The number of H-pyrrole nitrogens is 1. The molecule has 0 atom stereocenters. The summed E-state index contributed by atoms with van der Waals surface area (Å²) in [6.45, 7) is 1.94. The van der Waals surface area contributed by atoms with Gasteiger partial charge in [0.05, 0.1) is 0 Å². The molecule has 0 aliphatic rings.